The smallest absolute Gasteiger partial charge is 0.191 e. The third kappa shape index (κ3) is 4.71. The highest BCUT2D eigenvalue weighted by atomic mass is 32.1. The Balaban J connectivity index is 1.47. The van der Waals surface area contributed by atoms with Crippen molar-refractivity contribution >= 4 is 17.3 Å². The number of aliphatic imine (C=N–C) groups is 1. The monoisotopic (exact) mass is 350 g/mol. The molecule has 2 saturated heterocycles. The van der Waals surface area contributed by atoms with Gasteiger partial charge in [0.25, 0.3) is 0 Å². The van der Waals surface area contributed by atoms with E-state index in [1.807, 2.05) is 0 Å². The highest BCUT2D eigenvalue weighted by molar-refractivity contribution is 7.10. The van der Waals surface area contributed by atoms with E-state index < -0.39 is 0 Å². The number of ether oxygens (including phenoxy) is 1. The summed E-state index contributed by atoms with van der Waals surface area (Å²) in [6, 6.07) is 4.96. The molecule has 3 atom stereocenters. The Morgan fingerprint density at radius 2 is 2.42 bits per heavy atom. The van der Waals surface area contributed by atoms with Crippen LogP contribution in [0.25, 0.3) is 0 Å². The molecule has 5 nitrogen and oxygen atoms in total. The molecule has 6 heteroatoms. The maximum atomic E-state index is 6.02. The molecule has 2 aliphatic rings. The number of rotatable bonds is 6. The Morgan fingerprint density at radius 3 is 3.21 bits per heavy atom. The van der Waals surface area contributed by atoms with Gasteiger partial charge < -0.3 is 15.4 Å². The predicted octanol–water partition coefficient (Wildman–Crippen LogP) is 2.27. The number of nitrogens with zero attached hydrogens (tertiary/aromatic N) is 2. The summed E-state index contributed by atoms with van der Waals surface area (Å²) in [5.41, 5.74) is 0. The van der Waals surface area contributed by atoms with Crippen molar-refractivity contribution in [2.75, 3.05) is 39.3 Å². The predicted molar refractivity (Wildman–Crippen MR) is 101 cm³/mol. The number of thiophene rings is 1. The van der Waals surface area contributed by atoms with Crippen molar-refractivity contribution in [1.82, 2.24) is 15.5 Å². The van der Waals surface area contributed by atoms with Crippen LogP contribution in [-0.4, -0.2) is 62.3 Å². The minimum absolute atomic E-state index is 0.262. The molecule has 3 unspecified atom stereocenters. The molecule has 0 amide bonds. The molecule has 0 saturated carbocycles. The summed E-state index contributed by atoms with van der Waals surface area (Å²) in [5.74, 6) is 1.35. The average Bonchev–Trinajstić information content (AvgIpc) is 3.27. The summed E-state index contributed by atoms with van der Waals surface area (Å²) in [6.45, 7) is 9.99. The standard InChI is InChI=1S/C18H30N4OS/c1-3-19-18(20-10-14(2)17-7-5-9-24-17)21-11-16-12-22-8-4-6-15(22)13-23-16/h5,7,9,14-16H,3-4,6,8,10-13H2,1-2H3,(H2,19,20,21). The third-order valence-corrected chi connectivity index (χ3v) is 5.96. The van der Waals surface area contributed by atoms with Crippen LogP contribution < -0.4 is 10.6 Å². The fraction of sp³-hybridized carbons (Fsp3) is 0.722. The molecular formula is C18H30N4OS. The van der Waals surface area contributed by atoms with E-state index in [1.54, 1.807) is 11.3 Å². The van der Waals surface area contributed by atoms with Crippen molar-refractivity contribution in [3.8, 4) is 0 Å². The van der Waals surface area contributed by atoms with E-state index in [0.29, 0.717) is 12.0 Å². The molecule has 2 N–H and O–H groups in total. The number of fused-ring (bicyclic) bond motifs is 1. The van der Waals surface area contributed by atoms with Crippen LogP contribution >= 0.6 is 11.3 Å². The fourth-order valence-electron chi connectivity index (χ4n) is 3.45. The summed E-state index contributed by atoms with van der Waals surface area (Å²) in [6.07, 6.45) is 2.88. The van der Waals surface area contributed by atoms with Gasteiger partial charge in [0.05, 0.1) is 19.3 Å². The van der Waals surface area contributed by atoms with E-state index in [4.69, 9.17) is 9.73 Å². The van der Waals surface area contributed by atoms with Crippen molar-refractivity contribution in [3.05, 3.63) is 22.4 Å². The Bertz CT molecular complexity index is 519. The number of guanidine groups is 1. The van der Waals surface area contributed by atoms with E-state index in [1.165, 1.54) is 24.3 Å². The van der Waals surface area contributed by atoms with Crippen LogP contribution in [0, 0.1) is 0 Å². The number of hydrogen-bond donors (Lipinski definition) is 2. The van der Waals surface area contributed by atoms with Crippen LogP contribution in [0.4, 0.5) is 0 Å². The highest BCUT2D eigenvalue weighted by Crippen LogP contribution is 2.22. The first-order chi connectivity index (χ1) is 11.8. The van der Waals surface area contributed by atoms with Crippen LogP contribution in [0.5, 0.6) is 0 Å². The minimum atomic E-state index is 0.262. The van der Waals surface area contributed by atoms with Gasteiger partial charge in [0.15, 0.2) is 5.96 Å². The first-order valence-corrected chi connectivity index (χ1v) is 10.1. The molecule has 1 aromatic heterocycles. The molecule has 0 aromatic carbocycles. The average molecular weight is 351 g/mol. The quantitative estimate of drug-likeness (QED) is 0.610. The van der Waals surface area contributed by atoms with Crippen LogP contribution in [0.2, 0.25) is 0 Å². The molecule has 0 bridgehead atoms. The van der Waals surface area contributed by atoms with Crippen LogP contribution in [0.3, 0.4) is 0 Å². The highest BCUT2D eigenvalue weighted by Gasteiger charge is 2.32. The van der Waals surface area contributed by atoms with Gasteiger partial charge >= 0.3 is 0 Å². The van der Waals surface area contributed by atoms with Gasteiger partial charge in [-0.3, -0.25) is 9.89 Å². The topological polar surface area (TPSA) is 48.9 Å². The molecule has 3 heterocycles. The van der Waals surface area contributed by atoms with Crippen molar-refractivity contribution in [2.24, 2.45) is 4.99 Å². The van der Waals surface area contributed by atoms with Gasteiger partial charge in [0.1, 0.15) is 0 Å². The maximum absolute atomic E-state index is 6.02. The van der Waals surface area contributed by atoms with E-state index in [0.717, 1.165) is 38.7 Å². The van der Waals surface area contributed by atoms with E-state index in [2.05, 4.69) is 46.9 Å². The lowest BCUT2D eigenvalue weighted by Crippen LogP contribution is -2.51. The van der Waals surface area contributed by atoms with Gasteiger partial charge in [-0.05, 0) is 37.8 Å². The number of morpholine rings is 1. The second-order valence-electron chi connectivity index (χ2n) is 6.76. The summed E-state index contributed by atoms with van der Waals surface area (Å²) in [4.78, 5) is 8.73. The van der Waals surface area contributed by atoms with Crippen LogP contribution in [-0.2, 0) is 4.74 Å². The van der Waals surface area contributed by atoms with Crippen molar-refractivity contribution in [2.45, 2.75) is 44.8 Å². The zero-order valence-corrected chi connectivity index (χ0v) is 15.6. The Labute approximate surface area is 149 Å². The lowest BCUT2D eigenvalue weighted by atomic mass is 10.1. The fourth-order valence-corrected chi connectivity index (χ4v) is 4.23. The molecule has 3 rings (SSSR count). The number of hydrogen-bond acceptors (Lipinski definition) is 4. The molecule has 134 valence electrons. The van der Waals surface area contributed by atoms with Gasteiger partial charge in [0, 0.05) is 36.5 Å². The molecule has 1 aromatic rings. The maximum Gasteiger partial charge on any atom is 0.191 e. The molecule has 2 fully saturated rings. The SMILES string of the molecule is CCNC(=NCC(C)c1cccs1)NCC1CN2CCCC2CO1. The van der Waals surface area contributed by atoms with Gasteiger partial charge in [-0.25, -0.2) is 0 Å². The zero-order chi connectivity index (χ0) is 16.8. The minimum Gasteiger partial charge on any atom is -0.373 e. The van der Waals surface area contributed by atoms with Gasteiger partial charge in [-0.2, -0.15) is 0 Å². The lowest BCUT2D eigenvalue weighted by molar-refractivity contribution is -0.0453. The molecule has 0 radical (unpaired) electrons. The van der Waals surface area contributed by atoms with Gasteiger partial charge in [-0.15, -0.1) is 11.3 Å². The van der Waals surface area contributed by atoms with Crippen LogP contribution in [0.15, 0.2) is 22.5 Å². The first-order valence-electron chi connectivity index (χ1n) is 9.17. The Morgan fingerprint density at radius 1 is 1.50 bits per heavy atom. The summed E-state index contributed by atoms with van der Waals surface area (Å²) in [7, 11) is 0. The largest absolute Gasteiger partial charge is 0.373 e. The van der Waals surface area contributed by atoms with Gasteiger partial charge in [-0.1, -0.05) is 13.0 Å². The number of nitrogens with one attached hydrogen (secondary N) is 2. The van der Waals surface area contributed by atoms with Gasteiger partial charge in [0.2, 0.25) is 0 Å². The summed E-state index contributed by atoms with van der Waals surface area (Å²) < 4.78 is 6.02. The summed E-state index contributed by atoms with van der Waals surface area (Å²) in [5, 5.41) is 8.93. The molecular weight excluding hydrogens is 320 g/mol. The second-order valence-corrected chi connectivity index (χ2v) is 7.74. The first kappa shape index (κ1) is 17.7. The molecule has 0 aliphatic carbocycles. The van der Waals surface area contributed by atoms with Crippen LogP contribution in [0.1, 0.15) is 37.5 Å². The summed E-state index contributed by atoms with van der Waals surface area (Å²) >= 11 is 1.81. The molecule has 24 heavy (non-hydrogen) atoms. The van der Waals surface area contributed by atoms with E-state index in [9.17, 15) is 0 Å². The van der Waals surface area contributed by atoms with E-state index >= 15 is 0 Å². The van der Waals surface area contributed by atoms with Crippen molar-refractivity contribution < 1.29 is 4.74 Å². The van der Waals surface area contributed by atoms with E-state index in [-0.39, 0.29) is 6.10 Å². The Kier molecular flexibility index (Phi) is 6.51. The van der Waals surface area contributed by atoms with Crippen molar-refractivity contribution in [3.63, 3.8) is 0 Å². The zero-order valence-electron chi connectivity index (χ0n) is 14.8. The molecule has 2 aliphatic heterocycles. The second kappa shape index (κ2) is 8.83. The lowest BCUT2D eigenvalue weighted by Gasteiger charge is -2.35. The Hall–Kier alpha value is -1.11. The molecule has 0 spiro atoms. The normalized spacial score (nSPS) is 26.2. The van der Waals surface area contributed by atoms with Crippen molar-refractivity contribution in [1.29, 1.82) is 0 Å². The third-order valence-electron chi connectivity index (χ3n) is 4.86.